The SMILES string of the molecule is CCCn1cc(NC(=O)N2CCO[C@@H](CCc3ccccc3)C2)cn1. The van der Waals surface area contributed by atoms with E-state index in [1.54, 1.807) is 6.20 Å². The lowest BCUT2D eigenvalue weighted by Crippen LogP contribution is -2.47. The maximum absolute atomic E-state index is 12.5. The molecule has 1 aromatic heterocycles. The zero-order chi connectivity index (χ0) is 17.5. The Morgan fingerprint density at radius 3 is 3.00 bits per heavy atom. The first-order chi connectivity index (χ1) is 12.2. The van der Waals surface area contributed by atoms with Crippen LogP contribution in [0.3, 0.4) is 0 Å². The number of morpholine rings is 1. The van der Waals surface area contributed by atoms with Gasteiger partial charge in [0.15, 0.2) is 0 Å². The van der Waals surface area contributed by atoms with Gasteiger partial charge in [-0.25, -0.2) is 4.79 Å². The van der Waals surface area contributed by atoms with Crippen molar-refractivity contribution >= 4 is 11.7 Å². The fraction of sp³-hybridized carbons (Fsp3) is 0.474. The first kappa shape index (κ1) is 17.5. The molecule has 25 heavy (non-hydrogen) atoms. The predicted molar refractivity (Wildman–Crippen MR) is 97.6 cm³/mol. The maximum atomic E-state index is 12.5. The number of amides is 2. The molecule has 1 saturated heterocycles. The number of hydrogen-bond acceptors (Lipinski definition) is 3. The Labute approximate surface area is 148 Å². The number of ether oxygens (including phenoxy) is 1. The summed E-state index contributed by atoms with van der Waals surface area (Å²) in [6.07, 6.45) is 6.55. The third-order valence-corrected chi connectivity index (χ3v) is 4.36. The highest BCUT2D eigenvalue weighted by molar-refractivity contribution is 5.89. The molecule has 1 aliphatic rings. The van der Waals surface area contributed by atoms with Crippen molar-refractivity contribution in [2.45, 2.75) is 38.8 Å². The standard InChI is InChI=1S/C19H26N4O2/c1-2-10-23-14-17(13-20-23)21-19(24)22-11-12-25-18(15-22)9-8-16-6-4-3-5-7-16/h3-7,13-14,18H,2,8-12,15H2,1H3,(H,21,24)/t18-/m0/s1. The fourth-order valence-corrected chi connectivity index (χ4v) is 3.03. The Hall–Kier alpha value is -2.34. The zero-order valence-electron chi connectivity index (χ0n) is 14.7. The molecule has 0 spiro atoms. The van der Waals surface area contributed by atoms with Crippen molar-refractivity contribution in [3.05, 3.63) is 48.3 Å². The largest absolute Gasteiger partial charge is 0.375 e. The highest BCUT2D eigenvalue weighted by atomic mass is 16.5. The van der Waals surface area contributed by atoms with Gasteiger partial charge in [-0.05, 0) is 24.8 Å². The summed E-state index contributed by atoms with van der Waals surface area (Å²) < 4.78 is 7.67. The van der Waals surface area contributed by atoms with E-state index in [0.717, 1.165) is 31.5 Å². The number of aryl methyl sites for hydroxylation is 2. The number of carbonyl (C=O) groups excluding carboxylic acids is 1. The van der Waals surface area contributed by atoms with Crippen LogP contribution in [0.1, 0.15) is 25.3 Å². The van der Waals surface area contributed by atoms with Crippen LogP contribution in [-0.2, 0) is 17.7 Å². The first-order valence-corrected chi connectivity index (χ1v) is 8.98. The summed E-state index contributed by atoms with van der Waals surface area (Å²) in [5.41, 5.74) is 2.04. The number of aromatic nitrogens is 2. The summed E-state index contributed by atoms with van der Waals surface area (Å²) in [4.78, 5) is 14.3. The van der Waals surface area contributed by atoms with Gasteiger partial charge in [0.1, 0.15) is 0 Å². The third kappa shape index (κ3) is 5.06. The average Bonchev–Trinajstić information content (AvgIpc) is 3.08. The van der Waals surface area contributed by atoms with Crippen molar-refractivity contribution in [3.63, 3.8) is 0 Å². The minimum absolute atomic E-state index is 0.0796. The van der Waals surface area contributed by atoms with Gasteiger partial charge >= 0.3 is 6.03 Å². The second kappa shape index (κ2) is 8.67. The molecule has 1 aliphatic heterocycles. The van der Waals surface area contributed by atoms with Crippen molar-refractivity contribution in [2.24, 2.45) is 0 Å². The Balaban J connectivity index is 1.49. The molecule has 6 nitrogen and oxygen atoms in total. The van der Waals surface area contributed by atoms with Gasteiger partial charge < -0.3 is 15.0 Å². The molecule has 0 radical (unpaired) electrons. The summed E-state index contributed by atoms with van der Waals surface area (Å²) in [5.74, 6) is 0. The van der Waals surface area contributed by atoms with E-state index in [0.29, 0.717) is 19.7 Å². The molecule has 0 saturated carbocycles. The van der Waals surface area contributed by atoms with Crippen LogP contribution < -0.4 is 5.32 Å². The van der Waals surface area contributed by atoms with E-state index in [2.05, 4.69) is 41.6 Å². The number of benzene rings is 1. The number of urea groups is 1. The molecular formula is C19H26N4O2. The van der Waals surface area contributed by atoms with Crippen LogP contribution in [0.25, 0.3) is 0 Å². The quantitative estimate of drug-likeness (QED) is 0.877. The summed E-state index contributed by atoms with van der Waals surface area (Å²) >= 11 is 0. The number of carbonyl (C=O) groups is 1. The third-order valence-electron chi connectivity index (χ3n) is 4.36. The van der Waals surface area contributed by atoms with Gasteiger partial charge in [0.2, 0.25) is 0 Å². The highest BCUT2D eigenvalue weighted by Crippen LogP contribution is 2.14. The highest BCUT2D eigenvalue weighted by Gasteiger charge is 2.24. The number of hydrogen-bond donors (Lipinski definition) is 1. The van der Waals surface area contributed by atoms with Crippen LogP contribution in [0.2, 0.25) is 0 Å². The van der Waals surface area contributed by atoms with Crippen LogP contribution >= 0.6 is 0 Å². The Kier molecular flexibility index (Phi) is 6.06. The molecule has 0 unspecified atom stereocenters. The summed E-state index contributed by atoms with van der Waals surface area (Å²) in [7, 11) is 0. The van der Waals surface area contributed by atoms with Crippen molar-refractivity contribution in [1.29, 1.82) is 0 Å². The van der Waals surface area contributed by atoms with Gasteiger partial charge in [0.05, 0.1) is 24.6 Å². The number of nitrogens with zero attached hydrogens (tertiary/aromatic N) is 3. The molecule has 6 heteroatoms. The molecule has 0 aliphatic carbocycles. The number of nitrogens with one attached hydrogen (secondary N) is 1. The minimum Gasteiger partial charge on any atom is -0.375 e. The van der Waals surface area contributed by atoms with Gasteiger partial charge in [0.25, 0.3) is 0 Å². The molecule has 2 heterocycles. The van der Waals surface area contributed by atoms with Gasteiger partial charge in [-0.1, -0.05) is 37.3 Å². The fourth-order valence-electron chi connectivity index (χ4n) is 3.03. The van der Waals surface area contributed by atoms with E-state index in [9.17, 15) is 4.79 Å². The van der Waals surface area contributed by atoms with Crippen molar-refractivity contribution in [1.82, 2.24) is 14.7 Å². The Morgan fingerprint density at radius 2 is 2.20 bits per heavy atom. The average molecular weight is 342 g/mol. The second-order valence-corrected chi connectivity index (χ2v) is 6.39. The van der Waals surface area contributed by atoms with Crippen LogP contribution in [0, 0.1) is 0 Å². The van der Waals surface area contributed by atoms with Gasteiger partial charge in [-0.2, -0.15) is 5.10 Å². The summed E-state index contributed by atoms with van der Waals surface area (Å²) in [6.45, 7) is 4.79. The molecule has 134 valence electrons. The predicted octanol–water partition coefficient (Wildman–Crippen LogP) is 3.16. The van der Waals surface area contributed by atoms with E-state index < -0.39 is 0 Å². The van der Waals surface area contributed by atoms with Crippen molar-refractivity contribution in [2.75, 3.05) is 25.0 Å². The summed E-state index contributed by atoms with van der Waals surface area (Å²) in [6, 6.07) is 10.3. The van der Waals surface area contributed by atoms with E-state index >= 15 is 0 Å². The van der Waals surface area contributed by atoms with Crippen LogP contribution in [-0.4, -0.2) is 46.5 Å². The van der Waals surface area contributed by atoms with E-state index in [4.69, 9.17) is 4.74 Å². The Bertz CT molecular complexity index is 671. The van der Waals surface area contributed by atoms with E-state index in [-0.39, 0.29) is 12.1 Å². The molecule has 0 bridgehead atoms. The normalized spacial score (nSPS) is 17.5. The smallest absolute Gasteiger partial charge is 0.322 e. The van der Waals surface area contributed by atoms with Crippen molar-refractivity contribution in [3.8, 4) is 0 Å². The number of anilines is 1. The van der Waals surface area contributed by atoms with Crippen molar-refractivity contribution < 1.29 is 9.53 Å². The van der Waals surface area contributed by atoms with E-state index in [1.165, 1.54) is 5.56 Å². The lowest BCUT2D eigenvalue weighted by atomic mass is 10.1. The van der Waals surface area contributed by atoms with E-state index in [1.807, 2.05) is 21.8 Å². The molecule has 3 rings (SSSR count). The second-order valence-electron chi connectivity index (χ2n) is 6.39. The summed E-state index contributed by atoms with van der Waals surface area (Å²) in [5, 5.41) is 7.17. The minimum atomic E-state index is -0.0796. The molecule has 2 aromatic rings. The maximum Gasteiger partial charge on any atom is 0.322 e. The zero-order valence-corrected chi connectivity index (χ0v) is 14.7. The number of rotatable bonds is 6. The van der Waals surface area contributed by atoms with Crippen LogP contribution in [0.15, 0.2) is 42.7 Å². The lowest BCUT2D eigenvalue weighted by Gasteiger charge is -2.33. The van der Waals surface area contributed by atoms with Gasteiger partial charge in [0, 0.05) is 25.8 Å². The van der Waals surface area contributed by atoms with Gasteiger partial charge in [-0.3, -0.25) is 4.68 Å². The van der Waals surface area contributed by atoms with Crippen LogP contribution in [0.4, 0.5) is 10.5 Å². The molecule has 1 aromatic carbocycles. The first-order valence-electron chi connectivity index (χ1n) is 8.98. The molecule has 1 fully saturated rings. The molecular weight excluding hydrogens is 316 g/mol. The molecule has 2 amide bonds. The molecule has 1 N–H and O–H groups in total. The molecule has 1 atom stereocenters. The monoisotopic (exact) mass is 342 g/mol. The lowest BCUT2D eigenvalue weighted by molar-refractivity contribution is -0.0157. The Morgan fingerprint density at radius 1 is 1.36 bits per heavy atom. The topological polar surface area (TPSA) is 59.4 Å². The van der Waals surface area contributed by atoms with Gasteiger partial charge in [-0.15, -0.1) is 0 Å². The van der Waals surface area contributed by atoms with Crippen LogP contribution in [0.5, 0.6) is 0 Å².